The number of carboxylic acid groups (broad SMARTS) is 1. The van der Waals surface area contributed by atoms with Gasteiger partial charge in [0, 0.05) is 0 Å². The first-order valence-corrected chi connectivity index (χ1v) is 4.98. The van der Waals surface area contributed by atoms with Crippen LogP contribution in [0.2, 0.25) is 0 Å². The molecule has 2 heteroatoms. The summed E-state index contributed by atoms with van der Waals surface area (Å²) in [4.78, 5) is 11.0. The monoisotopic (exact) mass is 184 g/mol. The van der Waals surface area contributed by atoms with Crippen LogP contribution >= 0.6 is 0 Å². The van der Waals surface area contributed by atoms with Crippen molar-refractivity contribution in [3.05, 3.63) is 0 Å². The molecule has 2 atom stereocenters. The summed E-state index contributed by atoms with van der Waals surface area (Å²) >= 11 is 0. The molecular formula is C11H20O2. The Labute approximate surface area is 80.3 Å². The van der Waals surface area contributed by atoms with Gasteiger partial charge in [-0.05, 0) is 16.7 Å². The number of rotatable bonds is 3. The van der Waals surface area contributed by atoms with E-state index in [-0.39, 0.29) is 16.7 Å². The Bertz CT molecular complexity index is 228. The third-order valence-corrected chi connectivity index (χ3v) is 3.85. The minimum atomic E-state index is -0.628. The van der Waals surface area contributed by atoms with E-state index >= 15 is 0 Å². The standard InChI is InChI=1S/C11H20O2/c1-6-10(2,3)8-7(9(12)13)11(8,4)5/h7-8H,6H2,1-5H3,(H,12,13)/t7-,8-/m1/s1. The molecule has 1 N–H and O–H groups in total. The Morgan fingerprint density at radius 3 is 2.15 bits per heavy atom. The highest BCUT2D eigenvalue weighted by Crippen LogP contribution is 2.66. The highest BCUT2D eigenvalue weighted by molar-refractivity contribution is 5.75. The Morgan fingerprint density at radius 2 is 1.92 bits per heavy atom. The molecule has 1 aliphatic rings. The molecule has 0 aromatic heterocycles. The third kappa shape index (κ3) is 1.47. The number of hydrogen-bond acceptors (Lipinski definition) is 1. The third-order valence-electron chi connectivity index (χ3n) is 3.85. The van der Waals surface area contributed by atoms with Crippen molar-refractivity contribution in [2.24, 2.45) is 22.7 Å². The van der Waals surface area contributed by atoms with Gasteiger partial charge in [-0.1, -0.05) is 41.0 Å². The van der Waals surface area contributed by atoms with Gasteiger partial charge in [-0.3, -0.25) is 4.79 Å². The van der Waals surface area contributed by atoms with Gasteiger partial charge in [-0.15, -0.1) is 0 Å². The molecule has 0 bridgehead atoms. The zero-order valence-corrected chi connectivity index (χ0v) is 9.22. The summed E-state index contributed by atoms with van der Waals surface area (Å²) in [6.45, 7) is 10.6. The van der Waals surface area contributed by atoms with Crippen LogP contribution in [-0.4, -0.2) is 11.1 Å². The van der Waals surface area contributed by atoms with E-state index in [0.29, 0.717) is 5.92 Å². The van der Waals surface area contributed by atoms with Crippen LogP contribution in [0.15, 0.2) is 0 Å². The lowest BCUT2D eigenvalue weighted by Crippen LogP contribution is -2.17. The van der Waals surface area contributed by atoms with Crippen LogP contribution in [0, 0.1) is 22.7 Å². The van der Waals surface area contributed by atoms with E-state index in [9.17, 15) is 4.79 Å². The first-order chi connectivity index (χ1) is 5.75. The average molecular weight is 184 g/mol. The van der Waals surface area contributed by atoms with Gasteiger partial charge in [0.25, 0.3) is 0 Å². The topological polar surface area (TPSA) is 37.3 Å². The number of carbonyl (C=O) groups is 1. The van der Waals surface area contributed by atoms with Crippen molar-refractivity contribution in [2.45, 2.75) is 41.0 Å². The molecule has 1 saturated carbocycles. The Hall–Kier alpha value is -0.530. The molecule has 0 unspecified atom stereocenters. The molecule has 13 heavy (non-hydrogen) atoms. The fourth-order valence-electron chi connectivity index (χ4n) is 2.78. The van der Waals surface area contributed by atoms with E-state index in [2.05, 4.69) is 34.6 Å². The fourth-order valence-corrected chi connectivity index (χ4v) is 2.78. The maximum Gasteiger partial charge on any atom is 0.307 e. The van der Waals surface area contributed by atoms with Crippen molar-refractivity contribution in [3.63, 3.8) is 0 Å². The van der Waals surface area contributed by atoms with Crippen LogP contribution in [0.5, 0.6) is 0 Å². The van der Waals surface area contributed by atoms with Crippen molar-refractivity contribution < 1.29 is 9.90 Å². The van der Waals surface area contributed by atoms with Crippen LogP contribution in [0.3, 0.4) is 0 Å². The van der Waals surface area contributed by atoms with Crippen molar-refractivity contribution >= 4 is 5.97 Å². The van der Waals surface area contributed by atoms with Crippen molar-refractivity contribution in [1.29, 1.82) is 0 Å². The van der Waals surface area contributed by atoms with Crippen molar-refractivity contribution in [2.75, 3.05) is 0 Å². The second kappa shape index (κ2) is 2.73. The molecule has 0 radical (unpaired) electrons. The minimum absolute atomic E-state index is 0.00859. The zero-order chi connectivity index (χ0) is 10.4. The Morgan fingerprint density at radius 1 is 1.46 bits per heavy atom. The van der Waals surface area contributed by atoms with Gasteiger partial charge < -0.3 is 5.11 Å². The van der Waals surface area contributed by atoms with Gasteiger partial charge in [0.1, 0.15) is 0 Å². The highest BCUT2D eigenvalue weighted by Gasteiger charge is 2.66. The Kier molecular flexibility index (Phi) is 2.21. The number of aliphatic carboxylic acids is 1. The van der Waals surface area contributed by atoms with Crippen LogP contribution in [0.25, 0.3) is 0 Å². The molecule has 0 aromatic carbocycles. The largest absolute Gasteiger partial charge is 0.481 e. The maximum atomic E-state index is 11.0. The molecule has 1 fully saturated rings. The molecule has 1 rings (SSSR count). The Balaban J connectivity index is 2.82. The van der Waals surface area contributed by atoms with E-state index in [4.69, 9.17) is 5.11 Å². The first-order valence-electron chi connectivity index (χ1n) is 4.98. The molecule has 2 nitrogen and oxygen atoms in total. The summed E-state index contributed by atoms with van der Waals surface area (Å²) in [5.74, 6) is -0.429. The normalized spacial score (nSPS) is 31.5. The minimum Gasteiger partial charge on any atom is -0.481 e. The number of hydrogen-bond donors (Lipinski definition) is 1. The molecule has 0 aromatic rings. The van der Waals surface area contributed by atoms with Gasteiger partial charge >= 0.3 is 5.97 Å². The quantitative estimate of drug-likeness (QED) is 0.732. The fraction of sp³-hybridized carbons (Fsp3) is 0.909. The average Bonchev–Trinajstić information content (AvgIpc) is 2.54. The first kappa shape index (κ1) is 10.6. The maximum absolute atomic E-state index is 11.0. The molecule has 76 valence electrons. The molecule has 0 saturated heterocycles. The summed E-state index contributed by atoms with van der Waals surface area (Å²) in [5, 5.41) is 9.02. The molecule has 0 spiro atoms. The predicted molar refractivity (Wildman–Crippen MR) is 52.5 cm³/mol. The van der Waals surface area contributed by atoms with Crippen molar-refractivity contribution in [3.8, 4) is 0 Å². The van der Waals surface area contributed by atoms with E-state index in [0.717, 1.165) is 6.42 Å². The van der Waals surface area contributed by atoms with Gasteiger partial charge in [0.2, 0.25) is 0 Å². The van der Waals surface area contributed by atoms with Crippen LogP contribution in [-0.2, 0) is 4.79 Å². The molecule has 0 amide bonds. The van der Waals surface area contributed by atoms with E-state index in [1.165, 1.54) is 0 Å². The summed E-state index contributed by atoms with van der Waals surface area (Å²) < 4.78 is 0. The lowest BCUT2D eigenvalue weighted by Gasteiger charge is -2.24. The summed E-state index contributed by atoms with van der Waals surface area (Å²) in [7, 11) is 0. The summed E-state index contributed by atoms with van der Waals surface area (Å²) in [5.41, 5.74) is 0.151. The van der Waals surface area contributed by atoms with Crippen LogP contribution in [0.4, 0.5) is 0 Å². The SMILES string of the molecule is CCC(C)(C)[C@H]1[C@H](C(=O)O)C1(C)C. The predicted octanol–water partition coefficient (Wildman–Crippen LogP) is 2.78. The van der Waals surface area contributed by atoms with E-state index in [1.54, 1.807) is 0 Å². The van der Waals surface area contributed by atoms with Crippen LogP contribution < -0.4 is 0 Å². The smallest absolute Gasteiger partial charge is 0.307 e. The molecule has 1 aliphatic carbocycles. The van der Waals surface area contributed by atoms with Crippen molar-refractivity contribution in [1.82, 2.24) is 0 Å². The number of carboxylic acids is 1. The molecular weight excluding hydrogens is 164 g/mol. The molecule has 0 heterocycles. The van der Waals surface area contributed by atoms with E-state index < -0.39 is 5.97 Å². The van der Waals surface area contributed by atoms with Gasteiger partial charge in [-0.2, -0.15) is 0 Å². The highest BCUT2D eigenvalue weighted by atomic mass is 16.4. The van der Waals surface area contributed by atoms with Gasteiger partial charge in [0.05, 0.1) is 5.92 Å². The van der Waals surface area contributed by atoms with Gasteiger partial charge in [-0.25, -0.2) is 0 Å². The lowest BCUT2D eigenvalue weighted by atomic mass is 9.81. The summed E-state index contributed by atoms with van der Waals surface area (Å²) in [6.07, 6.45) is 1.05. The van der Waals surface area contributed by atoms with Crippen LogP contribution in [0.1, 0.15) is 41.0 Å². The van der Waals surface area contributed by atoms with E-state index in [1.807, 2.05) is 0 Å². The lowest BCUT2D eigenvalue weighted by molar-refractivity contribution is -0.139. The second-order valence-corrected chi connectivity index (χ2v) is 5.46. The zero-order valence-electron chi connectivity index (χ0n) is 9.22. The summed E-state index contributed by atoms with van der Waals surface area (Å²) in [6, 6.07) is 0. The second-order valence-electron chi connectivity index (χ2n) is 5.46. The van der Waals surface area contributed by atoms with Gasteiger partial charge in [0.15, 0.2) is 0 Å². The molecule has 0 aliphatic heterocycles.